The average molecular weight is 275 g/mol. The lowest BCUT2D eigenvalue weighted by Gasteiger charge is -2.10. The fourth-order valence-corrected chi connectivity index (χ4v) is 3.09. The van der Waals surface area contributed by atoms with E-state index in [-0.39, 0.29) is 5.82 Å². The molecule has 2 rings (SSSR count). The van der Waals surface area contributed by atoms with Gasteiger partial charge in [0.15, 0.2) is 0 Å². The van der Waals surface area contributed by atoms with Crippen molar-refractivity contribution in [3.05, 3.63) is 64.5 Å². The molecular weight excluding hydrogens is 257 g/mol. The summed E-state index contributed by atoms with van der Waals surface area (Å²) in [7, 11) is 0. The number of hydrogen-bond acceptors (Lipinski definition) is 2. The lowest BCUT2D eigenvalue weighted by atomic mass is 10.1. The maximum Gasteiger partial charge on any atom is 0.123 e. The van der Waals surface area contributed by atoms with E-state index in [0.717, 1.165) is 16.9 Å². The summed E-state index contributed by atoms with van der Waals surface area (Å²) in [6.07, 6.45) is 0. The molecule has 2 aromatic rings. The Labute approximate surface area is 118 Å². The van der Waals surface area contributed by atoms with Crippen molar-refractivity contribution in [3.63, 3.8) is 0 Å². The maximum absolute atomic E-state index is 13.3. The minimum atomic E-state index is -0.200. The third kappa shape index (κ3) is 3.58. The van der Waals surface area contributed by atoms with Gasteiger partial charge in [-0.2, -0.15) is 0 Å². The molecule has 0 saturated heterocycles. The molecule has 0 spiro atoms. The molecule has 3 heteroatoms. The first-order chi connectivity index (χ1) is 9.10. The van der Waals surface area contributed by atoms with E-state index in [9.17, 15) is 4.39 Å². The monoisotopic (exact) mass is 275 g/mol. The van der Waals surface area contributed by atoms with Crippen molar-refractivity contribution in [2.24, 2.45) is 5.73 Å². The van der Waals surface area contributed by atoms with Gasteiger partial charge in [0.05, 0.1) is 0 Å². The Balaban J connectivity index is 2.18. The molecule has 0 radical (unpaired) electrons. The molecule has 0 heterocycles. The van der Waals surface area contributed by atoms with Crippen molar-refractivity contribution < 1.29 is 4.39 Å². The van der Waals surface area contributed by atoms with Crippen LogP contribution in [0.5, 0.6) is 0 Å². The minimum Gasteiger partial charge on any atom is -0.326 e. The van der Waals surface area contributed by atoms with Gasteiger partial charge in [-0.25, -0.2) is 4.39 Å². The van der Waals surface area contributed by atoms with Crippen LogP contribution < -0.4 is 5.73 Å². The summed E-state index contributed by atoms with van der Waals surface area (Å²) in [5.74, 6) is 0.544. The molecule has 1 nitrogen and oxygen atoms in total. The highest BCUT2D eigenvalue weighted by molar-refractivity contribution is 7.98. The number of nitrogens with two attached hydrogens (primary N) is 1. The molecule has 0 unspecified atom stereocenters. The molecular formula is C16H18FNS. The number of rotatable bonds is 4. The summed E-state index contributed by atoms with van der Waals surface area (Å²) in [6, 6.07) is 11.2. The molecule has 2 N–H and O–H groups in total. The van der Waals surface area contributed by atoms with Crippen LogP contribution >= 0.6 is 11.8 Å². The van der Waals surface area contributed by atoms with E-state index in [1.54, 1.807) is 23.9 Å². The smallest absolute Gasteiger partial charge is 0.123 e. The highest BCUT2D eigenvalue weighted by atomic mass is 32.2. The lowest BCUT2D eigenvalue weighted by Crippen LogP contribution is -2.01. The third-order valence-electron chi connectivity index (χ3n) is 3.12. The molecule has 0 aromatic heterocycles. The van der Waals surface area contributed by atoms with Gasteiger partial charge in [-0.15, -0.1) is 11.8 Å². The van der Waals surface area contributed by atoms with Crippen LogP contribution in [0.1, 0.15) is 22.3 Å². The number of thioether (sulfide) groups is 1. The van der Waals surface area contributed by atoms with Crippen LogP contribution in [-0.4, -0.2) is 0 Å². The van der Waals surface area contributed by atoms with Gasteiger partial charge in [0.25, 0.3) is 0 Å². The standard InChI is InChI=1S/C16H18FNS/c1-11-3-4-12(2)16(7-11)19-10-14-8-15(17)6-5-13(14)9-18/h3-8H,9-10,18H2,1-2H3. The second kappa shape index (κ2) is 6.22. The summed E-state index contributed by atoms with van der Waals surface area (Å²) in [6.45, 7) is 4.62. The Morgan fingerprint density at radius 2 is 1.84 bits per heavy atom. The Bertz CT molecular complexity index is 581. The summed E-state index contributed by atoms with van der Waals surface area (Å²) >= 11 is 1.73. The van der Waals surface area contributed by atoms with E-state index in [2.05, 4.69) is 32.0 Å². The fraction of sp³-hybridized carbons (Fsp3) is 0.250. The van der Waals surface area contributed by atoms with Gasteiger partial charge in [0.2, 0.25) is 0 Å². The van der Waals surface area contributed by atoms with E-state index in [1.807, 2.05) is 0 Å². The predicted octanol–water partition coefficient (Wildman–Crippen LogP) is 4.19. The first-order valence-corrected chi connectivity index (χ1v) is 7.26. The van der Waals surface area contributed by atoms with Crippen LogP contribution in [0.15, 0.2) is 41.3 Å². The molecule has 0 saturated carbocycles. The summed E-state index contributed by atoms with van der Waals surface area (Å²) in [5, 5.41) is 0. The summed E-state index contributed by atoms with van der Waals surface area (Å²) in [4.78, 5) is 1.24. The molecule has 0 bridgehead atoms. The molecule has 0 amide bonds. The molecule has 0 atom stereocenters. The zero-order valence-corrected chi connectivity index (χ0v) is 12.1. The van der Waals surface area contributed by atoms with Gasteiger partial charge in [0, 0.05) is 17.2 Å². The third-order valence-corrected chi connectivity index (χ3v) is 4.32. The first-order valence-electron chi connectivity index (χ1n) is 6.27. The number of hydrogen-bond donors (Lipinski definition) is 1. The molecule has 0 aliphatic carbocycles. The minimum absolute atomic E-state index is 0.200. The number of benzene rings is 2. The quantitative estimate of drug-likeness (QED) is 0.847. The highest BCUT2D eigenvalue weighted by Crippen LogP contribution is 2.28. The normalized spacial score (nSPS) is 10.7. The van der Waals surface area contributed by atoms with Crippen LogP contribution in [-0.2, 0) is 12.3 Å². The topological polar surface area (TPSA) is 26.0 Å². The molecule has 0 aliphatic heterocycles. The van der Waals surface area contributed by atoms with Crippen molar-refractivity contribution in [1.29, 1.82) is 0 Å². The van der Waals surface area contributed by atoms with Crippen LogP contribution in [0.4, 0.5) is 4.39 Å². The Morgan fingerprint density at radius 1 is 1.05 bits per heavy atom. The Morgan fingerprint density at radius 3 is 2.58 bits per heavy atom. The van der Waals surface area contributed by atoms with Crippen LogP contribution in [0.25, 0.3) is 0 Å². The van der Waals surface area contributed by atoms with Gasteiger partial charge in [-0.05, 0) is 48.7 Å². The maximum atomic E-state index is 13.3. The van der Waals surface area contributed by atoms with Crippen molar-refractivity contribution in [1.82, 2.24) is 0 Å². The van der Waals surface area contributed by atoms with Gasteiger partial charge >= 0.3 is 0 Å². The summed E-state index contributed by atoms with van der Waals surface area (Å²) < 4.78 is 13.3. The molecule has 0 aliphatic rings. The van der Waals surface area contributed by atoms with Crippen molar-refractivity contribution >= 4 is 11.8 Å². The average Bonchev–Trinajstić information content (AvgIpc) is 2.40. The van der Waals surface area contributed by atoms with Crippen LogP contribution in [0.3, 0.4) is 0 Å². The van der Waals surface area contributed by atoms with Crippen molar-refractivity contribution in [3.8, 4) is 0 Å². The van der Waals surface area contributed by atoms with Gasteiger partial charge in [-0.3, -0.25) is 0 Å². The molecule has 100 valence electrons. The number of aryl methyl sites for hydroxylation is 2. The Hall–Kier alpha value is -1.32. The lowest BCUT2D eigenvalue weighted by molar-refractivity contribution is 0.625. The van der Waals surface area contributed by atoms with Crippen molar-refractivity contribution in [2.45, 2.75) is 31.0 Å². The first kappa shape index (κ1) is 14.1. The summed E-state index contributed by atoms with van der Waals surface area (Å²) in [5.41, 5.74) is 10.2. The van der Waals surface area contributed by atoms with Gasteiger partial charge < -0.3 is 5.73 Å². The van der Waals surface area contributed by atoms with Gasteiger partial charge in [0.1, 0.15) is 5.82 Å². The molecule has 0 fully saturated rings. The second-order valence-electron chi connectivity index (χ2n) is 4.67. The fourth-order valence-electron chi connectivity index (χ4n) is 1.95. The Kier molecular flexibility index (Phi) is 4.61. The van der Waals surface area contributed by atoms with Crippen LogP contribution in [0.2, 0.25) is 0 Å². The van der Waals surface area contributed by atoms with E-state index < -0.39 is 0 Å². The molecule has 2 aromatic carbocycles. The van der Waals surface area contributed by atoms with Crippen LogP contribution in [0, 0.1) is 19.7 Å². The molecule has 19 heavy (non-hydrogen) atoms. The number of halogens is 1. The van der Waals surface area contributed by atoms with Crippen molar-refractivity contribution in [2.75, 3.05) is 0 Å². The van der Waals surface area contributed by atoms with E-state index in [1.165, 1.54) is 22.1 Å². The van der Waals surface area contributed by atoms with Gasteiger partial charge in [-0.1, -0.05) is 23.8 Å². The second-order valence-corrected chi connectivity index (χ2v) is 5.69. The van der Waals surface area contributed by atoms with E-state index >= 15 is 0 Å². The SMILES string of the molecule is Cc1ccc(C)c(SCc2cc(F)ccc2CN)c1. The van der Waals surface area contributed by atoms with E-state index in [0.29, 0.717) is 6.54 Å². The zero-order chi connectivity index (χ0) is 13.8. The highest BCUT2D eigenvalue weighted by Gasteiger charge is 2.06. The van der Waals surface area contributed by atoms with E-state index in [4.69, 9.17) is 5.73 Å². The largest absolute Gasteiger partial charge is 0.326 e. The predicted molar refractivity (Wildman–Crippen MR) is 79.8 cm³/mol. The zero-order valence-electron chi connectivity index (χ0n) is 11.2.